The summed E-state index contributed by atoms with van der Waals surface area (Å²) in [7, 11) is 1.64. The number of likely N-dealkylation sites (tertiary alicyclic amines) is 1. The van der Waals surface area contributed by atoms with Crippen LogP contribution in [0.2, 0.25) is 0 Å². The molecule has 2 aliphatic rings. The molecule has 2 aliphatic heterocycles. The summed E-state index contributed by atoms with van der Waals surface area (Å²) in [5.74, 6) is 2.93. The van der Waals surface area contributed by atoms with E-state index < -0.39 is 0 Å². The number of benzene rings is 1. The molecule has 0 radical (unpaired) electrons. The minimum Gasteiger partial charge on any atom is -0.497 e. The smallest absolute Gasteiger partial charge is 0.322 e. The van der Waals surface area contributed by atoms with Crippen molar-refractivity contribution < 1.29 is 9.53 Å². The van der Waals surface area contributed by atoms with Gasteiger partial charge in [0.25, 0.3) is 0 Å². The second-order valence-electron chi connectivity index (χ2n) is 6.45. The molecule has 2 heterocycles. The van der Waals surface area contributed by atoms with E-state index in [0.29, 0.717) is 6.04 Å². The van der Waals surface area contributed by atoms with Crippen LogP contribution in [0, 0.1) is 0 Å². The molecule has 1 atom stereocenters. The Kier molecular flexibility index (Phi) is 6.26. The Bertz CT molecular complexity index is 549. The second kappa shape index (κ2) is 8.62. The van der Waals surface area contributed by atoms with Crippen LogP contribution in [0.5, 0.6) is 5.75 Å². The molecule has 1 aromatic rings. The van der Waals surface area contributed by atoms with Crippen LogP contribution in [0.4, 0.5) is 10.5 Å². The van der Waals surface area contributed by atoms with Gasteiger partial charge in [0, 0.05) is 30.6 Å². The quantitative estimate of drug-likeness (QED) is 0.907. The minimum atomic E-state index is 0.00921. The number of carbonyl (C=O) groups is 1. The molecule has 2 amide bonds. The molecule has 2 fully saturated rings. The van der Waals surface area contributed by atoms with Gasteiger partial charge in [0.15, 0.2) is 0 Å². The van der Waals surface area contributed by atoms with Gasteiger partial charge in [-0.15, -0.1) is 0 Å². The lowest BCUT2D eigenvalue weighted by Crippen LogP contribution is -2.49. The number of anilines is 1. The van der Waals surface area contributed by atoms with Crippen molar-refractivity contribution in [3.8, 4) is 5.75 Å². The van der Waals surface area contributed by atoms with Crippen LogP contribution >= 0.6 is 11.8 Å². The van der Waals surface area contributed by atoms with Gasteiger partial charge in [-0.2, -0.15) is 11.8 Å². The van der Waals surface area contributed by atoms with Gasteiger partial charge in [0.1, 0.15) is 5.75 Å². The maximum Gasteiger partial charge on any atom is 0.322 e. The number of carbonyl (C=O) groups excluding carboxylic acids is 1. The van der Waals surface area contributed by atoms with E-state index in [0.717, 1.165) is 42.5 Å². The zero-order chi connectivity index (χ0) is 16.8. The zero-order valence-corrected chi connectivity index (χ0v) is 15.2. The highest BCUT2D eigenvalue weighted by Gasteiger charge is 2.28. The Balaban J connectivity index is 1.66. The molecule has 2 saturated heterocycles. The fourth-order valence-electron chi connectivity index (χ4n) is 3.41. The lowest BCUT2D eigenvalue weighted by molar-refractivity contribution is 0.173. The zero-order valence-electron chi connectivity index (χ0n) is 14.4. The first kappa shape index (κ1) is 17.4. The maximum absolute atomic E-state index is 12.9. The molecule has 1 aromatic carbocycles. The highest BCUT2D eigenvalue weighted by Crippen LogP contribution is 2.22. The van der Waals surface area contributed by atoms with Crippen molar-refractivity contribution in [2.45, 2.75) is 25.3 Å². The SMILES string of the molecule is COc1cccc(NC(=O)N2CCCSCC2CN2CCCC2)c1. The van der Waals surface area contributed by atoms with Crippen molar-refractivity contribution in [1.29, 1.82) is 0 Å². The third-order valence-corrected chi connectivity index (χ3v) is 5.89. The van der Waals surface area contributed by atoms with E-state index in [1.54, 1.807) is 7.11 Å². The Hall–Kier alpha value is -1.40. The van der Waals surface area contributed by atoms with Gasteiger partial charge in [-0.1, -0.05) is 6.07 Å². The van der Waals surface area contributed by atoms with Crippen molar-refractivity contribution >= 4 is 23.5 Å². The third kappa shape index (κ3) is 4.57. The van der Waals surface area contributed by atoms with Crippen molar-refractivity contribution in [2.75, 3.05) is 50.1 Å². The lowest BCUT2D eigenvalue weighted by atomic mass is 10.2. The number of ether oxygens (including phenoxy) is 1. The molecule has 24 heavy (non-hydrogen) atoms. The van der Waals surface area contributed by atoms with Crippen LogP contribution < -0.4 is 10.1 Å². The fraction of sp³-hybridized carbons (Fsp3) is 0.611. The van der Waals surface area contributed by atoms with E-state index >= 15 is 0 Å². The number of hydrogen-bond donors (Lipinski definition) is 1. The van der Waals surface area contributed by atoms with E-state index in [-0.39, 0.29) is 6.03 Å². The third-order valence-electron chi connectivity index (χ3n) is 4.69. The van der Waals surface area contributed by atoms with Crippen molar-refractivity contribution in [3.63, 3.8) is 0 Å². The van der Waals surface area contributed by atoms with Crippen LogP contribution in [0.3, 0.4) is 0 Å². The standard InChI is InChI=1S/C18H27N3O2S/c1-23-17-7-4-6-15(12-17)19-18(22)21-10-5-11-24-14-16(21)13-20-8-2-3-9-20/h4,6-7,12,16H,2-3,5,8-11,13-14H2,1H3,(H,19,22). The number of amides is 2. The number of urea groups is 1. The molecular formula is C18H27N3O2S. The van der Waals surface area contributed by atoms with Crippen LogP contribution in [0.25, 0.3) is 0 Å². The molecule has 3 rings (SSSR count). The summed E-state index contributed by atoms with van der Waals surface area (Å²) in [6.45, 7) is 4.18. The summed E-state index contributed by atoms with van der Waals surface area (Å²) < 4.78 is 5.24. The molecule has 0 aliphatic carbocycles. The maximum atomic E-state index is 12.9. The van der Waals surface area contributed by atoms with Crippen LogP contribution in [0.15, 0.2) is 24.3 Å². The van der Waals surface area contributed by atoms with Gasteiger partial charge < -0.3 is 19.9 Å². The van der Waals surface area contributed by atoms with Gasteiger partial charge in [-0.05, 0) is 50.2 Å². The first-order valence-corrected chi connectivity index (χ1v) is 9.93. The largest absolute Gasteiger partial charge is 0.497 e. The molecule has 0 bridgehead atoms. The Labute approximate surface area is 148 Å². The Morgan fingerprint density at radius 2 is 2.12 bits per heavy atom. The van der Waals surface area contributed by atoms with E-state index in [9.17, 15) is 4.79 Å². The fourth-order valence-corrected chi connectivity index (χ4v) is 4.46. The average molecular weight is 350 g/mol. The highest BCUT2D eigenvalue weighted by atomic mass is 32.2. The minimum absolute atomic E-state index is 0.00921. The molecular weight excluding hydrogens is 322 g/mol. The number of hydrogen-bond acceptors (Lipinski definition) is 4. The normalized spacial score (nSPS) is 22.2. The van der Waals surface area contributed by atoms with Crippen LogP contribution in [-0.4, -0.2) is 66.7 Å². The summed E-state index contributed by atoms with van der Waals surface area (Å²) in [5, 5.41) is 3.05. The van der Waals surface area contributed by atoms with Crippen molar-refractivity contribution in [2.24, 2.45) is 0 Å². The van der Waals surface area contributed by atoms with Gasteiger partial charge in [-0.25, -0.2) is 4.79 Å². The molecule has 0 spiro atoms. The number of nitrogens with one attached hydrogen (secondary N) is 1. The summed E-state index contributed by atoms with van der Waals surface area (Å²) in [6.07, 6.45) is 3.64. The summed E-state index contributed by atoms with van der Waals surface area (Å²) in [4.78, 5) is 17.4. The first-order valence-electron chi connectivity index (χ1n) is 8.78. The number of rotatable bonds is 4. The Morgan fingerprint density at radius 1 is 1.29 bits per heavy atom. The monoisotopic (exact) mass is 349 g/mol. The first-order chi connectivity index (χ1) is 11.8. The van der Waals surface area contributed by atoms with Gasteiger partial charge in [-0.3, -0.25) is 0 Å². The van der Waals surface area contributed by atoms with E-state index in [2.05, 4.69) is 10.2 Å². The van der Waals surface area contributed by atoms with Gasteiger partial charge in [0.05, 0.1) is 13.2 Å². The summed E-state index contributed by atoms with van der Waals surface area (Å²) in [5.41, 5.74) is 0.788. The average Bonchev–Trinajstić information content (AvgIpc) is 2.99. The van der Waals surface area contributed by atoms with Crippen molar-refractivity contribution in [1.82, 2.24) is 9.80 Å². The summed E-state index contributed by atoms with van der Waals surface area (Å²) in [6, 6.07) is 7.85. The van der Waals surface area contributed by atoms with Crippen LogP contribution in [0.1, 0.15) is 19.3 Å². The Morgan fingerprint density at radius 3 is 2.92 bits per heavy atom. The van der Waals surface area contributed by atoms with E-state index in [1.807, 2.05) is 40.9 Å². The predicted octanol–water partition coefficient (Wildman–Crippen LogP) is 3.13. The lowest BCUT2D eigenvalue weighted by Gasteiger charge is -2.32. The molecule has 1 N–H and O–H groups in total. The second-order valence-corrected chi connectivity index (χ2v) is 7.60. The molecule has 5 nitrogen and oxygen atoms in total. The van der Waals surface area contributed by atoms with Crippen LogP contribution in [-0.2, 0) is 0 Å². The predicted molar refractivity (Wildman–Crippen MR) is 100 cm³/mol. The summed E-state index contributed by atoms with van der Waals surface area (Å²) >= 11 is 1.97. The topological polar surface area (TPSA) is 44.8 Å². The molecule has 132 valence electrons. The molecule has 0 aromatic heterocycles. The van der Waals surface area contributed by atoms with Gasteiger partial charge >= 0.3 is 6.03 Å². The number of methoxy groups -OCH3 is 1. The highest BCUT2D eigenvalue weighted by molar-refractivity contribution is 7.99. The number of nitrogens with zero attached hydrogens (tertiary/aromatic N) is 2. The van der Waals surface area contributed by atoms with Gasteiger partial charge in [0.2, 0.25) is 0 Å². The molecule has 0 saturated carbocycles. The van der Waals surface area contributed by atoms with E-state index in [1.165, 1.54) is 25.9 Å². The molecule has 6 heteroatoms. The van der Waals surface area contributed by atoms with Crippen molar-refractivity contribution in [3.05, 3.63) is 24.3 Å². The van der Waals surface area contributed by atoms with E-state index in [4.69, 9.17) is 4.74 Å². The molecule has 1 unspecified atom stereocenters. The number of thioether (sulfide) groups is 1.